The summed E-state index contributed by atoms with van der Waals surface area (Å²) >= 11 is 3.02. The number of fused-ring (bicyclic) bond motifs is 1. The molecule has 128 valence electrons. The third kappa shape index (κ3) is 3.42. The lowest BCUT2D eigenvalue weighted by atomic mass is 10.3. The second-order valence-corrected chi connectivity index (χ2v) is 7.53. The predicted molar refractivity (Wildman–Crippen MR) is 109 cm³/mol. The molecule has 0 atom stereocenters. The zero-order valence-corrected chi connectivity index (χ0v) is 15.6. The van der Waals surface area contributed by atoms with Crippen molar-refractivity contribution in [3.05, 3.63) is 76.8 Å². The van der Waals surface area contributed by atoms with Crippen LogP contribution < -0.4 is 4.90 Å². The number of para-hydroxylation sites is 2. The molecule has 0 aliphatic rings. The Hall–Kier alpha value is -2.83. The summed E-state index contributed by atoms with van der Waals surface area (Å²) in [5, 5.41) is 3.41. The first kappa shape index (κ1) is 16.6. The van der Waals surface area contributed by atoms with Crippen molar-refractivity contribution >= 4 is 55.7 Å². The lowest BCUT2D eigenvalue weighted by Gasteiger charge is -2.18. The maximum Gasteiger partial charge on any atom is 0.257 e. The highest BCUT2D eigenvalue weighted by Crippen LogP contribution is 2.29. The Morgan fingerprint density at radius 1 is 1.04 bits per heavy atom. The summed E-state index contributed by atoms with van der Waals surface area (Å²) in [6, 6.07) is 17.5. The summed E-state index contributed by atoms with van der Waals surface area (Å²) in [5.74, 6) is -0.148. The van der Waals surface area contributed by atoms with Gasteiger partial charge in [-0.05, 0) is 37.3 Å². The molecule has 0 bridgehead atoms. The van der Waals surface area contributed by atoms with Gasteiger partial charge in [-0.3, -0.25) is 9.69 Å². The van der Waals surface area contributed by atoms with Gasteiger partial charge in [0, 0.05) is 11.5 Å². The van der Waals surface area contributed by atoms with Gasteiger partial charge in [0.25, 0.3) is 5.91 Å². The van der Waals surface area contributed by atoms with E-state index >= 15 is 0 Å². The van der Waals surface area contributed by atoms with Gasteiger partial charge in [-0.2, -0.15) is 0 Å². The molecule has 0 fully saturated rings. The van der Waals surface area contributed by atoms with Crippen LogP contribution in [0.5, 0.6) is 0 Å². The summed E-state index contributed by atoms with van der Waals surface area (Å²) in [6.07, 6.45) is 3.32. The first-order valence-corrected chi connectivity index (χ1v) is 9.75. The van der Waals surface area contributed by atoms with Crippen molar-refractivity contribution < 1.29 is 4.79 Å². The molecule has 0 N–H and O–H groups in total. The molecule has 0 aliphatic carbocycles. The van der Waals surface area contributed by atoms with Gasteiger partial charge in [-0.15, -0.1) is 22.7 Å². The number of thiazole rings is 2. The molecular weight excluding hydrogens is 362 g/mol. The van der Waals surface area contributed by atoms with Gasteiger partial charge in [0.2, 0.25) is 0 Å². The van der Waals surface area contributed by atoms with Crippen LogP contribution in [0.25, 0.3) is 16.3 Å². The normalized spacial score (nSPS) is 11.3. The van der Waals surface area contributed by atoms with E-state index in [0.29, 0.717) is 5.13 Å². The molecule has 0 aliphatic heterocycles. The number of carbonyl (C=O) groups is 1. The van der Waals surface area contributed by atoms with Gasteiger partial charge < -0.3 is 0 Å². The highest BCUT2D eigenvalue weighted by molar-refractivity contribution is 7.19. The summed E-state index contributed by atoms with van der Waals surface area (Å²) in [6.45, 7) is 1.92. The summed E-state index contributed by atoms with van der Waals surface area (Å²) in [4.78, 5) is 23.6. The van der Waals surface area contributed by atoms with Gasteiger partial charge in [-0.1, -0.05) is 30.3 Å². The Morgan fingerprint density at radius 2 is 1.81 bits per heavy atom. The number of aromatic nitrogens is 2. The van der Waals surface area contributed by atoms with Gasteiger partial charge in [0.05, 0.1) is 21.6 Å². The van der Waals surface area contributed by atoms with E-state index in [2.05, 4.69) is 9.97 Å². The van der Waals surface area contributed by atoms with Crippen LogP contribution in [-0.4, -0.2) is 15.9 Å². The van der Waals surface area contributed by atoms with E-state index in [1.54, 1.807) is 28.4 Å². The number of benzene rings is 2. The van der Waals surface area contributed by atoms with Crippen LogP contribution in [0.15, 0.2) is 66.1 Å². The Balaban J connectivity index is 1.66. The predicted octanol–water partition coefficient (Wildman–Crippen LogP) is 5.44. The molecule has 1 amide bonds. The van der Waals surface area contributed by atoms with Crippen LogP contribution in [-0.2, 0) is 4.79 Å². The average Bonchev–Trinajstić information content (AvgIpc) is 3.27. The van der Waals surface area contributed by atoms with Crippen molar-refractivity contribution in [1.82, 2.24) is 9.97 Å². The maximum atomic E-state index is 12.9. The van der Waals surface area contributed by atoms with E-state index < -0.39 is 0 Å². The quantitative estimate of drug-likeness (QED) is 0.445. The third-order valence-corrected chi connectivity index (χ3v) is 5.66. The molecule has 0 unspecified atom stereocenters. The van der Waals surface area contributed by atoms with Crippen molar-refractivity contribution in [1.29, 1.82) is 0 Å². The number of aryl methyl sites for hydroxylation is 1. The first-order valence-electron chi connectivity index (χ1n) is 8.05. The van der Waals surface area contributed by atoms with Gasteiger partial charge in [-0.25, -0.2) is 9.97 Å². The molecule has 0 saturated heterocycles. The van der Waals surface area contributed by atoms with Gasteiger partial charge >= 0.3 is 0 Å². The number of rotatable bonds is 4. The van der Waals surface area contributed by atoms with Crippen molar-refractivity contribution in [3.63, 3.8) is 0 Å². The molecule has 6 heteroatoms. The van der Waals surface area contributed by atoms with E-state index in [9.17, 15) is 4.79 Å². The number of amides is 1. The zero-order chi connectivity index (χ0) is 17.9. The summed E-state index contributed by atoms with van der Waals surface area (Å²) in [5.41, 5.74) is 2.63. The maximum absolute atomic E-state index is 12.9. The third-order valence-electron chi connectivity index (χ3n) is 3.71. The lowest BCUT2D eigenvalue weighted by molar-refractivity contribution is -0.113. The van der Waals surface area contributed by atoms with Crippen LogP contribution in [0.3, 0.4) is 0 Å². The highest BCUT2D eigenvalue weighted by Gasteiger charge is 2.18. The van der Waals surface area contributed by atoms with E-state index in [0.717, 1.165) is 26.6 Å². The van der Waals surface area contributed by atoms with Crippen molar-refractivity contribution in [2.45, 2.75) is 6.92 Å². The number of carbonyl (C=O) groups excluding carboxylic acids is 1. The Kier molecular flexibility index (Phi) is 4.60. The molecule has 4 aromatic rings. The Morgan fingerprint density at radius 3 is 2.54 bits per heavy atom. The Bertz CT molecular complexity index is 1050. The molecule has 2 aromatic heterocycles. The minimum absolute atomic E-state index is 0.148. The van der Waals surface area contributed by atoms with Gasteiger partial charge in [0.15, 0.2) is 5.13 Å². The van der Waals surface area contributed by atoms with Crippen molar-refractivity contribution in [2.24, 2.45) is 0 Å². The number of hydrogen-bond acceptors (Lipinski definition) is 5. The summed E-state index contributed by atoms with van der Waals surface area (Å²) in [7, 11) is 0. The molecule has 4 nitrogen and oxygen atoms in total. The van der Waals surface area contributed by atoms with Crippen LogP contribution in [0.4, 0.5) is 10.8 Å². The second-order valence-electron chi connectivity index (χ2n) is 5.63. The molecule has 0 saturated carbocycles. The first-order chi connectivity index (χ1) is 12.7. The van der Waals surface area contributed by atoms with Crippen LogP contribution >= 0.6 is 22.7 Å². The largest absolute Gasteiger partial charge is 0.269 e. The fraction of sp³-hybridized carbons (Fsp3) is 0.0500. The van der Waals surface area contributed by atoms with Crippen molar-refractivity contribution in [3.8, 4) is 0 Å². The number of nitrogens with zero attached hydrogens (tertiary/aromatic N) is 3. The standard InChI is InChI=1S/C20H15N3OS2/c1-14-13-25-20(21-14)23(15-7-3-2-4-8-15)19(24)12-11-18-22-16-9-5-6-10-17(16)26-18/h2-13H,1H3/b12-11+. The van der Waals surface area contributed by atoms with Crippen LogP contribution in [0.2, 0.25) is 0 Å². The average molecular weight is 377 g/mol. The number of anilines is 2. The minimum Gasteiger partial charge on any atom is -0.269 e. The molecular formula is C20H15N3OS2. The molecule has 2 heterocycles. The second kappa shape index (κ2) is 7.19. The van der Waals surface area contributed by atoms with Gasteiger partial charge in [0.1, 0.15) is 5.01 Å². The smallest absolute Gasteiger partial charge is 0.257 e. The van der Waals surface area contributed by atoms with E-state index in [4.69, 9.17) is 0 Å². The van der Waals surface area contributed by atoms with E-state index in [-0.39, 0.29) is 5.91 Å². The Labute approximate surface area is 159 Å². The SMILES string of the molecule is Cc1csc(N(C(=O)/C=C/c2nc3ccccc3s2)c2ccccc2)n1. The summed E-state index contributed by atoms with van der Waals surface area (Å²) < 4.78 is 1.11. The minimum atomic E-state index is -0.148. The topological polar surface area (TPSA) is 46.1 Å². The molecule has 4 rings (SSSR count). The van der Waals surface area contributed by atoms with Crippen LogP contribution in [0, 0.1) is 6.92 Å². The van der Waals surface area contributed by atoms with E-state index in [1.807, 2.05) is 66.9 Å². The van der Waals surface area contributed by atoms with Crippen molar-refractivity contribution in [2.75, 3.05) is 4.90 Å². The monoisotopic (exact) mass is 377 g/mol. The fourth-order valence-electron chi connectivity index (χ4n) is 2.53. The molecule has 0 spiro atoms. The van der Waals surface area contributed by atoms with Crippen LogP contribution in [0.1, 0.15) is 10.7 Å². The number of hydrogen-bond donors (Lipinski definition) is 0. The molecule has 2 aromatic carbocycles. The fourth-order valence-corrected chi connectivity index (χ4v) is 4.23. The lowest BCUT2D eigenvalue weighted by Crippen LogP contribution is -2.23. The highest BCUT2D eigenvalue weighted by atomic mass is 32.1. The van der Waals surface area contributed by atoms with E-state index in [1.165, 1.54) is 11.3 Å². The molecule has 0 radical (unpaired) electrons. The molecule has 26 heavy (non-hydrogen) atoms. The zero-order valence-electron chi connectivity index (χ0n) is 14.0.